The molecule has 4 amide bonds. The van der Waals surface area contributed by atoms with E-state index in [1.807, 2.05) is 72.4 Å². The van der Waals surface area contributed by atoms with Crippen molar-refractivity contribution >= 4 is 46.3 Å². The number of aryl methyl sites for hydroxylation is 1. The summed E-state index contributed by atoms with van der Waals surface area (Å²) in [7, 11) is 0. The lowest BCUT2D eigenvalue weighted by atomic mass is 9.77. The Bertz CT molecular complexity index is 2080. The Hall–Kier alpha value is -6.19. The van der Waals surface area contributed by atoms with Gasteiger partial charge in [-0.25, -0.2) is 14.3 Å². The number of carboxylic acids is 2. The molecule has 0 saturated heterocycles. The molecule has 6 N–H and O–H groups in total. The topological polar surface area (TPSA) is 226 Å². The Kier molecular flexibility index (Phi) is 17.1. The predicted octanol–water partition coefficient (Wildman–Crippen LogP) is 3.72. The summed E-state index contributed by atoms with van der Waals surface area (Å²) in [6, 6.07) is 16.2. The van der Waals surface area contributed by atoms with Crippen molar-refractivity contribution in [1.29, 1.82) is 0 Å². The summed E-state index contributed by atoms with van der Waals surface area (Å²) in [5.41, 5.74) is 2.91. The van der Waals surface area contributed by atoms with Crippen molar-refractivity contribution in [3.8, 4) is 0 Å². The summed E-state index contributed by atoms with van der Waals surface area (Å²) in [5, 5.41) is 39.4. The molecule has 0 radical (unpaired) electrons. The third kappa shape index (κ3) is 14.9. The van der Waals surface area contributed by atoms with E-state index in [2.05, 4.69) is 37.6 Å². The molecule has 1 aliphatic carbocycles. The fourth-order valence-corrected chi connectivity index (χ4v) is 7.50. The maximum atomic E-state index is 13.7. The van der Waals surface area contributed by atoms with Gasteiger partial charge in [0.25, 0.3) is 0 Å². The third-order valence-electron chi connectivity index (χ3n) is 11.0. The molecule has 2 aromatic heterocycles. The van der Waals surface area contributed by atoms with Crippen molar-refractivity contribution in [2.45, 2.75) is 96.7 Å². The number of nitrogens with zero attached hydrogens (tertiary/aromatic N) is 4. The van der Waals surface area contributed by atoms with Crippen LogP contribution in [0.3, 0.4) is 0 Å². The van der Waals surface area contributed by atoms with Crippen LogP contribution in [-0.4, -0.2) is 86.5 Å². The van der Waals surface area contributed by atoms with Crippen LogP contribution in [0.1, 0.15) is 81.0 Å². The number of urea groups is 1. The largest absolute Gasteiger partial charge is 0.481 e. The van der Waals surface area contributed by atoms with Gasteiger partial charge in [0, 0.05) is 56.4 Å². The predicted molar refractivity (Wildman–Crippen MR) is 221 cm³/mol. The average Bonchev–Trinajstić information content (AvgIpc) is 3.67. The molecular weight excluding hydrogens is 769 g/mol. The fraction of sp³-hybridized carbons (Fsp3) is 0.477. The first-order valence-corrected chi connectivity index (χ1v) is 20.8. The number of pyridine rings is 1. The van der Waals surface area contributed by atoms with Crippen LogP contribution < -0.4 is 25.8 Å². The lowest BCUT2D eigenvalue weighted by molar-refractivity contribution is -0.688. The SMILES string of the molecule is Cc1cc[n+](Cc2cn(CC(=O)NCC3CCC(C(=O)CC(Cc4ccc5ccccc5c4)C(=O)NCCCCCNC(=O)NC(CCC(=O)O)C(=O)O)CC3)nn2)cc1. The molecule has 5 rings (SSSR count). The van der Waals surface area contributed by atoms with Crippen LogP contribution in [0.25, 0.3) is 10.8 Å². The smallest absolute Gasteiger partial charge is 0.326 e. The minimum absolute atomic E-state index is 0.0747. The minimum Gasteiger partial charge on any atom is -0.481 e. The molecule has 4 aromatic rings. The first-order chi connectivity index (χ1) is 28.9. The normalized spacial score (nSPS) is 16.0. The third-order valence-corrected chi connectivity index (χ3v) is 11.0. The number of unbranched alkanes of at least 4 members (excludes halogenated alkanes) is 2. The summed E-state index contributed by atoms with van der Waals surface area (Å²) in [6.45, 7) is 3.86. The van der Waals surface area contributed by atoms with Crippen molar-refractivity contribution in [2.24, 2.45) is 17.8 Å². The van der Waals surface area contributed by atoms with Crippen LogP contribution in [-0.2, 0) is 43.5 Å². The molecule has 1 aliphatic rings. The van der Waals surface area contributed by atoms with Gasteiger partial charge in [-0.15, -0.1) is 5.10 Å². The molecule has 2 atom stereocenters. The first-order valence-electron chi connectivity index (χ1n) is 20.8. The molecule has 0 aliphatic heterocycles. The van der Waals surface area contributed by atoms with Gasteiger partial charge in [0.1, 0.15) is 24.1 Å². The summed E-state index contributed by atoms with van der Waals surface area (Å²) in [6.07, 6.45) is 10.6. The highest BCUT2D eigenvalue weighted by Gasteiger charge is 2.30. The number of amides is 4. The zero-order valence-electron chi connectivity index (χ0n) is 34.2. The van der Waals surface area contributed by atoms with E-state index in [1.54, 1.807) is 6.20 Å². The molecule has 2 aromatic carbocycles. The molecule has 1 fully saturated rings. The molecule has 2 unspecified atom stereocenters. The van der Waals surface area contributed by atoms with Crippen LogP contribution in [0.5, 0.6) is 0 Å². The van der Waals surface area contributed by atoms with Crippen molar-refractivity contribution in [2.75, 3.05) is 19.6 Å². The number of carboxylic acid groups (broad SMARTS) is 2. The quantitative estimate of drug-likeness (QED) is 0.0470. The molecule has 0 bridgehead atoms. The Balaban J connectivity index is 1.04. The van der Waals surface area contributed by atoms with Crippen molar-refractivity contribution < 1.29 is 43.5 Å². The highest BCUT2D eigenvalue weighted by molar-refractivity contribution is 5.89. The second-order valence-electron chi connectivity index (χ2n) is 15.8. The molecule has 2 heterocycles. The van der Waals surface area contributed by atoms with E-state index in [0.29, 0.717) is 58.2 Å². The van der Waals surface area contributed by atoms with E-state index in [0.717, 1.165) is 34.9 Å². The summed E-state index contributed by atoms with van der Waals surface area (Å²) in [5.74, 6) is -3.12. The number of aromatic nitrogens is 4. The summed E-state index contributed by atoms with van der Waals surface area (Å²) in [4.78, 5) is 74.3. The van der Waals surface area contributed by atoms with Gasteiger partial charge in [-0.2, -0.15) is 4.57 Å². The maximum absolute atomic E-state index is 13.7. The first kappa shape index (κ1) is 44.9. The van der Waals surface area contributed by atoms with Crippen molar-refractivity contribution in [1.82, 2.24) is 36.3 Å². The maximum Gasteiger partial charge on any atom is 0.326 e. The van der Waals surface area contributed by atoms with Crippen LogP contribution in [0.4, 0.5) is 4.79 Å². The lowest BCUT2D eigenvalue weighted by Gasteiger charge is -2.28. The van der Waals surface area contributed by atoms with Crippen molar-refractivity contribution in [3.05, 3.63) is 90.0 Å². The Labute approximate surface area is 349 Å². The van der Waals surface area contributed by atoms with E-state index >= 15 is 0 Å². The molecule has 16 nitrogen and oxygen atoms in total. The fourth-order valence-electron chi connectivity index (χ4n) is 7.50. The van der Waals surface area contributed by atoms with E-state index in [1.165, 1.54) is 10.2 Å². The van der Waals surface area contributed by atoms with Gasteiger partial charge in [0.2, 0.25) is 11.8 Å². The van der Waals surface area contributed by atoms with Crippen molar-refractivity contribution in [3.63, 3.8) is 0 Å². The molecule has 0 spiro atoms. The number of benzene rings is 2. The zero-order valence-corrected chi connectivity index (χ0v) is 34.2. The number of hydrogen-bond donors (Lipinski definition) is 6. The van der Waals surface area contributed by atoms with E-state index in [4.69, 9.17) is 5.11 Å². The molecule has 16 heteroatoms. The van der Waals surface area contributed by atoms with Gasteiger partial charge < -0.3 is 31.5 Å². The number of fused-ring (bicyclic) bond motifs is 1. The van der Waals surface area contributed by atoms with Gasteiger partial charge in [-0.1, -0.05) is 47.7 Å². The van der Waals surface area contributed by atoms with Crippen LogP contribution in [0.15, 0.2) is 73.2 Å². The highest BCUT2D eigenvalue weighted by Crippen LogP contribution is 2.31. The van der Waals surface area contributed by atoms with Crippen LogP contribution in [0, 0.1) is 24.7 Å². The van der Waals surface area contributed by atoms with Gasteiger partial charge in [-0.05, 0) is 92.5 Å². The summed E-state index contributed by atoms with van der Waals surface area (Å²) >= 11 is 0. The number of aliphatic carboxylic acids is 2. The van der Waals surface area contributed by atoms with Crippen LogP contribution in [0.2, 0.25) is 0 Å². The second-order valence-corrected chi connectivity index (χ2v) is 15.8. The second kappa shape index (κ2) is 22.8. The van der Waals surface area contributed by atoms with E-state index in [9.17, 15) is 33.9 Å². The number of carbonyl (C=O) groups is 6. The van der Waals surface area contributed by atoms with Gasteiger partial charge in [-0.3, -0.25) is 19.2 Å². The zero-order chi connectivity index (χ0) is 42.9. The Morgan fingerprint density at radius 3 is 2.30 bits per heavy atom. The van der Waals surface area contributed by atoms with Crippen LogP contribution >= 0.6 is 0 Å². The standard InChI is InChI=1S/C44H56N8O8/c1-30-17-21-51(22-18-30)27-37-28-52(50-49-37)29-40(54)47-26-31-9-13-34(14-10-31)39(53)25-36(24-32-11-12-33-7-3-4-8-35(33)23-32)42(57)45-19-5-2-6-20-46-44(60)48-38(43(58)59)15-16-41(55)56/h3-4,7-8,11-12,17-18,21-23,28,31,34,36,38H,2,5-6,9-10,13-16,19-20,24-27,29H2,1H3,(H5-,45,46,47,48,54,55,56,57,58,59,60)/p+1. The lowest BCUT2D eigenvalue weighted by Crippen LogP contribution is -2.46. The van der Waals surface area contributed by atoms with Gasteiger partial charge in [0.15, 0.2) is 18.9 Å². The van der Waals surface area contributed by atoms with E-state index < -0.39 is 29.9 Å². The number of hydrogen-bond acceptors (Lipinski definition) is 8. The van der Waals surface area contributed by atoms with E-state index in [-0.39, 0.29) is 61.8 Å². The number of rotatable bonds is 23. The number of Topliss-reactive ketones (excluding diaryl/α,β-unsaturated/α-hetero) is 1. The Morgan fingerprint density at radius 2 is 1.58 bits per heavy atom. The number of ketones is 1. The molecule has 1 saturated carbocycles. The molecule has 60 heavy (non-hydrogen) atoms. The number of nitrogens with one attached hydrogen (secondary N) is 4. The monoisotopic (exact) mass is 825 g/mol. The summed E-state index contributed by atoms with van der Waals surface area (Å²) < 4.78 is 3.54. The molecule has 320 valence electrons. The molecular formula is C44H57N8O8+. The number of carbonyl (C=O) groups excluding carboxylic acids is 4. The van der Waals surface area contributed by atoms with Gasteiger partial charge in [0.05, 0.1) is 6.20 Å². The average molecular weight is 826 g/mol. The minimum atomic E-state index is -1.31. The van der Waals surface area contributed by atoms with Gasteiger partial charge >= 0.3 is 18.0 Å². The highest BCUT2D eigenvalue weighted by atomic mass is 16.4. The Morgan fingerprint density at radius 1 is 0.867 bits per heavy atom.